The molecule has 7 heteroatoms. The highest BCUT2D eigenvalue weighted by atomic mass is 16.4. The van der Waals surface area contributed by atoms with Crippen LogP contribution in [0.25, 0.3) is 0 Å². The molecule has 1 aromatic rings. The van der Waals surface area contributed by atoms with Crippen LogP contribution >= 0.6 is 0 Å². The van der Waals surface area contributed by atoms with Gasteiger partial charge in [-0.05, 0) is 37.1 Å². The lowest BCUT2D eigenvalue weighted by atomic mass is 10.1. The standard InChI is InChI=1S/C14H17N3O4/c1-9-7-10(13(19)20)3-4-11(9)16-14(21)17-6-2-5-15-12(18)8-17/h3-4,7H,2,5-6,8H2,1H3,(H,15,18)(H,16,21)(H,19,20). The van der Waals surface area contributed by atoms with Crippen molar-refractivity contribution in [3.05, 3.63) is 29.3 Å². The van der Waals surface area contributed by atoms with E-state index in [0.717, 1.165) is 0 Å². The zero-order chi connectivity index (χ0) is 15.4. The van der Waals surface area contributed by atoms with Crippen molar-refractivity contribution in [2.75, 3.05) is 25.0 Å². The van der Waals surface area contributed by atoms with E-state index in [9.17, 15) is 14.4 Å². The smallest absolute Gasteiger partial charge is 0.335 e. The van der Waals surface area contributed by atoms with Crippen molar-refractivity contribution in [1.82, 2.24) is 10.2 Å². The number of urea groups is 1. The van der Waals surface area contributed by atoms with E-state index < -0.39 is 5.97 Å². The van der Waals surface area contributed by atoms with Gasteiger partial charge in [-0.1, -0.05) is 0 Å². The van der Waals surface area contributed by atoms with Crippen LogP contribution in [0.4, 0.5) is 10.5 Å². The third-order valence-electron chi connectivity index (χ3n) is 3.26. The topological polar surface area (TPSA) is 98.7 Å². The Morgan fingerprint density at radius 3 is 2.81 bits per heavy atom. The second kappa shape index (κ2) is 6.25. The van der Waals surface area contributed by atoms with Gasteiger partial charge in [0.05, 0.1) is 5.56 Å². The van der Waals surface area contributed by atoms with Gasteiger partial charge in [-0.15, -0.1) is 0 Å². The van der Waals surface area contributed by atoms with E-state index in [-0.39, 0.29) is 24.0 Å². The lowest BCUT2D eigenvalue weighted by Gasteiger charge is -2.20. The Kier molecular flexibility index (Phi) is 4.42. The number of rotatable bonds is 2. The Bertz CT molecular complexity index is 586. The van der Waals surface area contributed by atoms with E-state index in [4.69, 9.17) is 5.11 Å². The number of nitrogens with zero attached hydrogens (tertiary/aromatic N) is 1. The molecule has 1 fully saturated rings. The summed E-state index contributed by atoms with van der Waals surface area (Å²) in [6, 6.07) is 4.11. The molecular formula is C14H17N3O4. The molecular weight excluding hydrogens is 274 g/mol. The Labute approximate surface area is 121 Å². The van der Waals surface area contributed by atoms with Crippen molar-refractivity contribution in [2.45, 2.75) is 13.3 Å². The van der Waals surface area contributed by atoms with Gasteiger partial charge in [-0.3, -0.25) is 4.79 Å². The molecule has 21 heavy (non-hydrogen) atoms. The summed E-state index contributed by atoms with van der Waals surface area (Å²) in [7, 11) is 0. The molecule has 7 nitrogen and oxygen atoms in total. The molecule has 0 saturated carbocycles. The summed E-state index contributed by atoms with van der Waals surface area (Å²) >= 11 is 0. The molecule has 0 spiro atoms. The maximum absolute atomic E-state index is 12.2. The van der Waals surface area contributed by atoms with Crippen molar-refractivity contribution in [3.63, 3.8) is 0 Å². The first kappa shape index (κ1) is 14.8. The van der Waals surface area contributed by atoms with Gasteiger partial charge in [0.2, 0.25) is 5.91 Å². The quantitative estimate of drug-likeness (QED) is 0.758. The molecule has 0 atom stereocenters. The molecule has 0 aromatic heterocycles. The van der Waals surface area contributed by atoms with E-state index in [1.54, 1.807) is 13.0 Å². The number of aryl methyl sites for hydroxylation is 1. The number of anilines is 1. The molecule has 3 N–H and O–H groups in total. The van der Waals surface area contributed by atoms with Gasteiger partial charge in [0.1, 0.15) is 6.54 Å². The summed E-state index contributed by atoms with van der Waals surface area (Å²) in [5, 5.41) is 14.3. The number of hydrogen-bond donors (Lipinski definition) is 3. The van der Waals surface area contributed by atoms with Gasteiger partial charge >= 0.3 is 12.0 Å². The molecule has 1 aliphatic heterocycles. The summed E-state index contributed by atoms with van der Waals surface area (Å²) in [5.41, 5.74) is 1.36. The summed E-state index contributed by atoms with van der Waals surface area (Å²) in [4.78, 5) is 35.9. The molecule has 112 valence electrons. The number of carbonyl (C=O) groups excluding carboxylic acids is 2. The lowest BCUT2D eigenvalue weighted by Crippen LogP contribution is -2.40. The number of carbonyl (C=O) groups is 3. The minimum Gasteiger partial charge on any atom is -0.478 e. The fourth-order valence-electron chi connectivity index (χ4n) is 2.11. The second-order valence-electron chi connectivity index (χ2n) is 4.89. The van der Waals surface area contributed by atoms with Crippen LogP contribution in [0.5, 0.6) is 0 Å². The molecule has 0 aliphatic carbocycles. The van der Waals surface area contributed by atoms with Gasteiger partial charge in [-0.2, -0.15) is 0 Å². The number of amides is 3. The Morgan fingerprint density at radius 1 is 1.38 bits per heavy atom. The number of carboxylic acids is 1. The number of aromatic carboxylic acids is 1. The monoisotopic (exact) mass is 291 g/mol. The molecule has 0 radical (unpaired) electrons. The van der Waals surface area contributed by atoms with Crippen LogP contribution in [0.15, 0.2) is 18.2 Å². The Hall–Kier alpha value is -2.57. The largest absolute Gasteiger partial charge is 0.478 e. The molecule has 1 saturated heterocycles. The molecule has 0 unspecified atom stereocenters. The highest BCUT2D eigenvalue weighted by molar-refractivity contribution is 5.94. The first-order valence-electron chi connectivity index (χ1n) is 6.64. The van der Waals surface area contributed by atoms with Crippen molar-refractivity contribution in [1.29, 1.82) is 0 Å². The van der Waals surface area contributed by atoms with E-state index in [1.165, 1.54) is 17.0 Å². The minimum atomic E-state index is -1.01. The third-order valence-corrected chi connectivity index (χ3v) is 3.26. The zero-order valence-electron chi connectivity index (χ0n) is 11.7. The average Bonchev–Trinajstić information content (AvgIpc) is 2.65. The number of benzene rings is 1. The van der Waals surface area contributed by atoms with Crippen LogP contribution in [-0.4, -0.2) is 47.5 Å². The number of nitrogens with one attached hydrogen (secondary N) is 2. The highest BCUT2D eigenvalue weighted by Crippen LogP contribution is 2.17. The van der Waals surface area contributed by atoms with Gasteiger partial charge in [0, 0.05) is 18.8 Å². The molecule has 0 bridgehead atoms. The van der Waals surface area contributed by atoms with Crippen LogP contribution < -0.4 is 10.6 Å². The SMILES string of the molecule is Cc1cc(C(=O)O)ccc1NC(=O)N1CCCNC(=O)C1. The van der Waals surface area contributed by atoms with Crippen molar-refractivity contribution in [2.24, 2.45) is 0 Å². The predicted molar refractivity (Wildman–Crippen MR) is 76.4 cm³/mol. The van der Waals surface area contributed by atoms with Crippen molar-refractivity contribution in [3.8, 4) is 0 Å². The van der Waals surface area contributed by atoms with E-state index in [1.807, 2.05) is 0 Å². The summed E-state index contributed by atoms with van der Waals surface area (Å²) < 4.78 is 0. The Balaban J connectivity index is 2.08. The molecule has 1 aliphatic rings. The van der Waals surface area contributed by atoms with Crippen LogP contribution in [0.2, 0.25) is 0 Å². The fraction of sp³-hybridized carbons (Fsp3) is 0.357. The van der Waals surface area contributed by atoms with E-state index in [2.05, 4.69) is 10.6 Å². The third kappa shape index (κ3) is 3.71. The summed E-state index contributed by atoms with van der Waals surface area (Å²) in [5.74, 6) is -1.19. The molecule has 1 aromatic carbocycles. The highest BCUT2D eigenvalue weighted by Gasteiger charge is 2.20. The van der Waals surface area contributed by atoms with E-state index in [0.29, 0.717) is 30.8 Å². The fourth-order valence-corrected chi connectivity index (χ4v) is 2.11. The molecule has 1 heterocycles. The Morgan fingerprint density at radius 2 is 2.14 bits per heavy atom. The van der Waals surface area contributed by atoms with Crippen molar-refractivity contribution >= 4 is 23.6 Å². The van der Waals surface area contributed by atoms with Crippen LogP contribution in [0.3, 0.4) is 0 Å². The van der Waals surface area contributed by atoms with Gasteiger partial charge in [0.15, 0.2) is 0 Å². The van der Waals surface area contributed by atoms with E-state index >= 15 is 0 Å². The summed E-state index contributed by atoms with van der Waals surface area (Å²) in [6.07, 6.45) is 0.704. The number of carboxylic acid groups (broad SMARTS) is 1. The molecule has 3 amide bonds. The van der Waals surface area contributed by atoms with Gasteiger partial charge in [0.25, 0.3) is 0 Å². The van der Waals surface area contributed by atoms with Crippen LogP contribution in [0.1, 0.15) is 22.3 Å². The number of hydrogen-bond acceptors (Lipinski definition) is 3. The van der Waals surface area contributed by atoms with Crippen LogP contribution in [-0.2, 0) is 4.79 Å². The maximum atomic E-state index is 12.2. The lowest BCUT2D eigenvalue weighted by molar-refractivity contribution is -0.120. The first-order chi connectivity index (χ1) is 9.97. The molecule has 2 rings (SSSR count). The summed E-state index contributed by atoms with van der Waals surface area (Å²) in [6.45, 7) is 2.81. The first-order valence-corrected chi connectivity index (χ1v) is 6.64. The normalized spacial score (nSPS) is 15.1. The maximum Gasteiger partial charge on any atom is 0.335 e. The van der Waals surface area contributed by atoms with Gasteiger partial charge < -0.3 is 20.6 Å². The minimum absolute atomic E-state index is 0.0259. The zero-order valence-corrected chi connectivity index (χ0v) is 11.7. The second-order valence-corrected chi connectivity index (χ2v) is 4.89. The average molecular weight is 291 g/mol. The predicted octanol–water partition coefficient (Wildman–Crippen LogP) is 1.05. The van der Waals surface area contributed by atoms with Crippen LogP contribution in [0, 0.1) is 6.92 Å². The van der Waals surface area contributed by atoms with Crippen molar-refractivity contribution < 1.29 is 19.5 Å². The van der Waals surface area contributed by atoms with Gasteiger partial charge in [-0.25, -0.2) is 9.59 Å².